The van der Waals surface area contributed by atoms with Gasteiger partial charge in [0.1, 0.15) is 0 Å². The highest BCUT2D eigenvalue weighted by molar-refractivity contribution is 8.27. The first-order chi connectivity index (χ1) is 16.9. The van der Waals surface area contributed by atoms with Crippen molar-refractivity contribution in [3.63, 3.8) is 0 Å². The van der Waals surface area contributed by atoms with Crippen molar-refractivity contribution in [3.8, 4) is 11.5 Å². The van der Waals surface area contributed by atoms with Crippen molar-refractivity contribution in [2.75, 3.05) is 18.1 Å². The molecule has 0 aromatic heterocycles. The summed E-state index contributed by atoms with van der Waals surface area (Å²) in [6.45, 7) is 5.27. The van der Waals surface area contributed by atoms with E-state index in [2.05, 4.69) is 6.92 Å². The van der Waals surface area contributed by atoms with Crippen LogP contribution in [-0.2, 0) is 4.79 Å². The molecule has 1 saturated heterocycles. The molecule has 8 heteroatoms. The maximum atomic E-state index is 13.1. The normalized spacial score (nSPS) is 14.6. The molecule has 3 rings (SSSR count). The Labute approximate surface area is 216 Å². The fraction of sp³-hybridized carbons (Fsp3) is 0.370. The highest BCUT2D eigenvalue weighted by atomic mass is 32.2. The molecule has 186 valence electrons. The third kappa shape index (κ3) is 7.32. The summed E-state index contributed by atoms with van der Waals surface area (Å²) in [4.78, 5) is 26.2. The standard InChI is InChI=1S/C27H31NO5S2/c1-3-5-6-7-8-9-15-33-22-14-13-19(16-23(22)32-4-2)17-24-25(29)28(27(34)35-24)21-12-10-11-20(18-21)26(30)31/h10-14,16-18H,3-9,15H2,1-2H3,(H,30,31)/b24-17+. The Bertz CT molecular complexity index is 1100. The van der Waals surface area contributed by atoms with Gasteiger partial charge in [-0.25, -0.2) is 4.79 Å². The molecule has 0 radical (unpaired) electrons. The molecule has 1 aliphatic rings. The Hall–Kier alpha value is -2.84. The highest BCUT2D eigenvalue weighted by Gasteiger charge is 2.33. The van der Waals surface area contributed by atoms with Gasteiger partial charge in [0.05, 0.1) is 29.4 Å². The summed E-state index contributed by atoms with van der Waals surface area (Å²) < 4.78 is 12.1. The van der Waals surface area contributed by atoms with E-state index < -0.39 is 5.97 Å². The number of anilines is 1. The lowest BCUT2D eigenvalue weighted by Crippen LogP contribution is -2.27. The predicted molar refractivity (Wildman–Crippen MR) is 146 cm³/mol. The van der Waals surface area contributed by atoms with E-state index in [9.17, 15) is 14.7 Å². The number of ether oxygens (including phenoxy) is 2. The molecule has 0 atom stereocenters. The zero-order chi connectivity index (χ0) is 25.2. The van der Waals surface area contributed by atoms with Crippen LogP contribution >= 0.6 is 24.0 Å². The predicted octanol–water partition coefficient (Wildman–Crippen LogP) is 6.93. The first-order valence-electron chi connectivity index (χ1n) is 12.0. The maximum absolute atomic E-state index is 13.1. The molecule has 0 spiro atoms. The van der Waals surface area contributed by atoms with Gasteiger partial charge in [-0.15, -0.1) is 0 Å². The molecule has 0 saturated carbocycles. The molecule has 1 heterocycles. The number of carboxylic acid groups (broad SMARTS) is 1. The van der Waals surface area contributed by atoms with Crippen LogP contribution in [0.1, 0.15) is 68.3 Å². The minimum absolute atomic E-state index is 0.0958. The van der Waals surface area contributed by atoms with Crippen molar-refractivity contribution in [3.05, 3.63) is 58.5 Å². The number of amides is 1. The first kappa shape index (κ1) is 26.8. The molecule has 1 amide bonds. The molecule has 2 aromatic carbocycles. The summed E-state index contributed by atoms with van der Waals surface area (Å²) in [6.07, 6.45) is 8.94. The number of unbranched alkanes of at least 4 members (excludes halogenated alkanes) is 5. The van der Waals surface area contributed by atoms with E-state index in [-0.39, 0.29) is 11.5 Å². The van der Waals surface area contributed by atoms with Gasteiger partial charge in [0, 0.05) is 0 Å². The molecular formula is C27H31NO5S2. The van der Waals surface area contributed by atoms with E-state index in [1.165, 1.54) is 54.5 Å². The fourth-order valence-electron chi connectivity index (χ4n) is 3.69. The number of carbonyl (C=O) groups is 2. The van der Waals surface area contributed by atoms with Crippen LogP contribution < -0.4 is 14.4 Å². The van der Waals surface area contributed by atoms with Gasteiger partial charge in [0.2, 0.25) is 0 Å². The van der Waals surface area contributed by atoms with Gasteiger partial charge in [0.25, 0.3) is 5.91 Å². The largest absolute Gasteiger partial charge is 0.490 e. The third-order valence-corrected chi connectivity index (χ3v) is 6.77. The molecule has 1 N–H and O–H groups in total. The number of hydrogen-bond donors (Lipinski definition) is 1. The van der Waals surface area contributed by atoms with Crippen LogP contribution in [0.4, 0.5) is 5.69 Å². The van der Waals surface area contributed by atoms with Crippen molar-refractivity contribution in [2.45, 2.75) is 52.4 Å². The zero-order valence-corrected chi connectivity index (χ0v) is 21.8. The van der Waals surface area contributed by atoms with Crippen LogP contribution in [0.15, 0.2) is 47.4 Å². The summed E-state index contributed by atoms with van der Waals surface area (Å²) in [6, 6.07) is 11.8. The number of rotatable bonds is 13. The average Bonchev–Trinajstić information content (AvgIpc) is 3.12. The lowest BCUT2D eigenvalue weighted by molar-refractivity contribution is -0.113. The first-order valence-corrected chi connectivity index (χ1v) is 13.2. The molecule has 0 unspecified atom stereocenters. The Morgan fingerprint density at radius 3 is 2.54 bits per heavy atom. The van der Waals surface area contributed by atoms with Crippen LogP contribution in [0.3, 0.4) is 0 Å². The number of carboxylic acids is 1. The van der Waals surface area contributed by atoms with E-state index in [1.54, 1.807) is 18.2 Å². The second-order valence-corrected chi connectivity index (χ2v) is 9.80. The van der Waals surface area contributed by atoms with E-state index >= 15 is 0 Å². The van der Waals surface area contributed by atoms with Crippen molar-refractivity contribution < 1.29 is 24.2 Å². The average molecular weight is 514 g/mol. The summed E-state index contributed by atoms with van der Waals surface area (Å²) >= 11 is 6.60. The minimum Gasteiger partial charge on any atom is -0.490 e. The second-order valence-electron chi connectivity index (χ2n) is 8.13. The molecule has 1 aliphatic heterocycles. The smallest absolute Gasteiger partial charge is 0.335 e. The summed E-state index contributed by atoms with van der Waals surface area (Å²) in [5.41, 5.74) is 1.32. The van der Waals surface area contributed by atoms with Crippen LogP contribution in [0.2, 0.25) is 0 Å². The molecule has 6 nitrogen and oxygen atoms in total. The van der Waals surface area contributed by atoms with Gasteiger partial charge in [-0.05, 0) is 55.3 Å². The number of aromatic carboxylic acids is 1. The Balaban J connectivity index is 1.71. The molecule has 0 bridgehead atoms. The number of carbonyl (C=O) groups excluding carboxylic acids is 1. The molecular weight excluding hydrogens is 482 g/mol. The molecule has 0 aliphatic carbocycles. The minimum atomic E-state index is -1.06. The number of nitrogens with zero attached hydrogens (tertiary/aromatic N) is 1. The number of thioether (sulfide) groups is 1. The molecule has 35 heavy (non-hydrogen) atoms. The van der Waals surface area contributed by atoms with E-state index in [0.717, 1.165) is 18.4 Å². The van der Waals surface area contributed by atoms with E-state index in [4.69, 9.17) is 21.7 Å². The van der Waals surface area contributed by atoms with Crippen molar-refractivity contribution in [1.29, 1.82) is 0 Å². The lowest BCUT2D eigenvalue weighted by Gasteiger charge is -2.15. The quantitative estimate of drug-likeness (QED) is 0.177. The number of thiocarbonyl (C=S) groups is 1. The van der Waals surface area contributed by atoms with Gasteiger partial charge >= 0.3 is 5.97 Å². The lowest BCUT2D eigenvalue weighted by atomic mass is 10.1. The summed E-state index contributed by atoms with van der Waals surface area (Å²) in [7, 11) is 0. The van der Waals surface area contributed by atoms with Gasteiger partial charge in [-0.3, -0.25) is 9.69 Å². The van der Waals surface area contributed by atoms with Crippen molar-refractivity contribution in [2.24, 2.45) is 0 Å². The molecule has 2 aromatic rings. The fourth-order valence-corrected chi connectivity index (χ4v) is 4.99. The zero-order valence-electron chi connectivity index (χ0n) is 20.1. The maximum Gasteiger partial charge on any atom is 0.335 e. The van der Waals surface area contributed by atoms with E-state index in [1.807, 2.05) is 25.1 Å². The van der Waals surface area contributed by atoms with Crippen molar-refractivity contribution in [1.82, 2.24) is 0 Å². The monoisotopic (exact) mass is 513 g/mol. The van der Waals surface area contributed by atoms with Crippen molar-refractivity contribution >= 4 is 51.9 Å². The SMILES string of the molecule is CCCCCCCCOc1ccc(/C=C2/SC(=S)N(c3cccc(C(=O)O)c3)C2=O)cc1OCC. The van der Waals surface area contributed by atoms with Crippen LogP contribution in [-0.4, -0.2) is 34.5 Å². The van der Waals surface area contributed by atoms with E-state index in [0.29, 0.717) is 39.6 Å². The Morgan fingerprint density at radius 2 is 1.80 bits per heavy atom. The Morgan fingerprint density at radius 1 is 1.03 bits per heavy atom. The van der Waals surface area contributed by atoms with Gasteiger partial charge < -0.3 is 14.6 Å². The third-order valence-electron chi connectivity index (χ3n) is 5.47. The second kappa shape index (κ2) is 13.3. The van der Waals surface area contributed by atoms with Crippen LogP contribution in [0.25, 0.3) is 6.08 Å². The topological polar surface area (TPSA) is 76.1 Å². The van der Waals surface area contributed by atoms with Crippen LogP contribution in [0.5, 0.6) is 11.5 Å². The highest BCUT2D eigenvalue weighted by Crippen LogP contribution is 2.37. The summed E-state index contributed by atoms with van der Waals surface area (Å²) in [5, 5.41) is 9.26. The van der Waals surface area contributed by atoms with Gasteiger partial charge in [-0.1, -0.05) is 75.1 Å². The summed E-state index contributed by atoms with van der Waals surface area (Å²) in [5.74, 6) is -0.0218. The Kier molecular flexibility index (Phi) is 10.2. The number of benzene rings is 2. The van der Waals surface area contributed by atoms with Gasteiger partial charge in [0.15, 0.2) is 15.8 Å². The molecule has 1 fully saturated rings. The van der Waals surface area contributed by atoms with Crippen LogP contribution in [0, 0.1) is 0 Å². The van der Waals surface area contributed by atoms with Gasteiger partial charge in [-0.2, -0.15) is 0 Å². The number of hydrogen-bond acceptors (Lipinski definition) is 6.